The van der Waals surface area contributed by atoms with E-state index in [0.717, 1.165) is 25.3 Å². The summed E-state index contributed by atoms with van der Waals surface area (Å²) >= 11 is 5.36. The average Bonchev–Trinajstić information content (AvgIpc) is 2.88. The Bertz CT molecular complexity index is 572. The van der Waals surface area contributed by atoms with Gasteiger partial charge in [0, 0.05) is 27.2 Å². The fourth-order valence-electron chi connectivity index (χ4n) is 2.20. The molecule has 0 aliphatic carbocycles. The van der Waals surface area contributed by atoms with Gasteiger partial charge in [0.2, 0.25) is 0 Å². The van der Waals surface area contributed by atoms with E-state index in [1.807, 2.05) is 0 Å². The number of nitrogens with one attached hydrogen (secondary N) is 1. The molecule has 0 amide bonds. The minimum absolute atomic E-state index is 0.674. The van der Waals surface area contributed by atoms with Gasteiger partial charge in [-0.2, -0.15) is 5.10 Å². The number of aryl methyl sites for hydroxylation is 1. The number of thiophene rings is 1. The summed E-state index contributed by atoms with van der Waals surface area (Å²) in [6.45, 7) is 11.5. The fraction of sp³-hybridized carbons (Fsp3) is 0.533. The monoisotopic (exact) mass is 355 g/mol. The van der Waals surface area contributed by atoms with Crippen molar-refractivity contribution in [2.45, 2.75) is 40.8 Å². The van der Waals surface area contributed by atoms with E-state index >= 15 is 0 Å². The van der Waals surface area contributed by atoms with E-state index < -0.39 is 0 Å². The van der Waals surface area contributed by atoms with Crippen LogP contribution in [-0.2, 0) is 13.1 Å². The molecule has 2 rings (SSSR count). The Hall–Kier alpha value is -0.650. The summed E-state index contributed by atoms with van der Waals surface area (Å²) in [6.07, 6.45) is 0. The van der Waals surface area contributed by atoms with Gasteiger partial charge in [0.25, 0.3) is 0 Å². The molecule has 20 heavy (non-hydrogen) atoms. The van der Waals surface area contributed by atoms with E-state index in [4.69, 9.17) is 0 Å². The first-order chi connectivity index (χ1) is 9.49. The SMILES string of the molecule is Cc1nn(Cc2sccc2Br)c(C)c1CNCC(C)C. The van der Waals surface area contributed by atoms with Crippen LogP contribution in [0.15, 0.2) is 15.9 Å². The third-order valence-corrected chi connectivity index (χ3v) is 5.28. The lowest BCUT2D eigenvalue weighted by atomic mass is 10.2. The quantitative estimate of drug-likeness (QED) is 0.844. The van der Waals surface area contributed by atoms with Gasteiger partial charge in [0.15, 0.2) is 0 Å². The number of rotatable bonds is 6. The molecule has 2 aromatic heterocycles. The molecular formula is C15H22BrN3S. The molecule has 0 aliphatic heterocycles. The lowest BCUT2D eigenvalue weighted by Gasteiger charge is -2.08. The molecule has 0 unspecified atom stereocenters. The van der Waals surface area contributed by atoms with Crippen molar-refractivity contribution in [1.82, 2.24) is 15.1 Å². The van der Waals surface area contributed by atoms with Crippen molar-refractivity contribution < 1.29 is 0 Å². The molecule has 2 heterocycles. The van der Waals surface area contributed by atoms with Crippen molar-refractivity contribution in [1.29, 1.82) is 0 Å². The summed E-state index contributed by atoms with van der Waals surface area (Å²) in [5, 5.41) is 10.3. The van der Waals surface area contributed by atoms with Gasteiger partial charge in [-0.25, -0.2) is 0 Å². The number of halogens is 1. The maximum absolute atomic E-state index is 4.69. The van der Waals surface area contributed by atoms with E-state index in [9.17, 15) is 0 Å². The molecule has 0 bridgehead atoms. The highest BCUT2D eigenvalue weighted by atomic mass is 79.9. The van der Waals surface area contributed by atoms with Crippen molar-refractivity contribution in [3.05, 3.63) is 37.7 Å². The summed E-state index contributed by atoms with van der Waals surface area (Å²) in [6, 6.07) is 2.09. The second kappa shape index (κ2) is 6.87. The van der Waals surface area contributed by atoms with Gasteiger partial charge in [0.05, 0.1) is 12.2 Å². The Balaban J connectivity index is 2.10. The van der Waals surface area contributed by atoms with Crippen molar-refractivity contribution in [2.75, 3.05) is 6.54 Å². The first kappa shape index (κ1) is 15.7. The number of aromatic nitrogens is 2. The third kappa shape index (κ3) is 3.71. The minimum atomic E-state index is 0.674. The lowest BCUT2D eigenvalue weighted by molar-refractivity contribution is 0.550. The number of nitrogens with zero attached hydrogens (tertiary/aromatic N) is 2. The first-order valence-electron chi connectivity index (χ1n) is 6.94. The third-order valence-electron chi connectivity index (χ3n) is 3.37. The Morgan fingerprint density at radius 3 is 2.75 bits per heavy atom. The van der Waals surface area contributed by atoms with E-state index in [2.05, 4.69) is 70.2 Å². The van der Waals surface area contributed by atoms with Crippen LogP contribution in [0.3, 0.4) is 0 Å². The molecule has 0 spiro atoms. The molecule has 2 aromatic rings. The standard InChI is InChI=1S/C15H22BrN3S/c1-10(2)7-17-8-13-11(3)18-19(12(13)4)9-15-14(16)5-6-20-15/h5-6,10,17H,7-9H2,1-4H3. The molecule has 0 atom stereocenters. The van der Waals surface area contributed by atoms with Gasteiger partial charge >= 0.3 is 0 Å². The summed E-state index contributed by atoms with van der Waals surface area (Å²) < 4.78 is 3.28. The molecule has 5 heteroatoms. The summed E-state index contributed by atoms with van der Waals surface area (Å²) in [4.78, 5) is 1.32. The number of hydrogen-bond acceptors (Lipinski definition) is 3. The van der Waals surface area contributed by atoms with Crippen LogP contribution in [0, 0.1) is 19.8 Å². The molecule has 3 nitrogen and oxygen atoms in total. The predicted octanol–water partition coefficient (Wildman–Crippen LogP) is 4.12. The van der Waals surface area contributed by atoms with Crippen LogP contribution in [-0.4, -0.2) is 16.3 Å². The highest BCUT2D eigenvalue weighted by Crippen LogP contribution is 2.24. The van der Waals surface area contributed by atoms with Crippen LogP contribution in [0.25, 0.3) is 0 Å². The van der Waals surface area contributed by atoms with E-state index in [1.165, 1.54) is 20.6 Å². The molecule has 0 aliphatic rings. The Labute approximate surface area is 133 Å². The molecule has 0 saturated heterocycles. The zero-order chi connectivity index (χ0) is 14.7. The molecule has 110 valence electrons. The zero-order valence-electron chi connectivity index (χ0n) is 12.5. The lowest BCUT2D eigenvalue weighted by Crippen LogP contribution is -2.19. The van der Waals surface area contributed by atoms with E-state index in [1.54, 1.807) is 11.3 Å². The molecule has 1 N–H and O–H groups in total. The van der Waals surface area contributed by atoms with Crippen LogP contribution >= 0.6 is 27.3 Å². The molecule has 0 fully saturated rings. The van der Waals surface area contributed by atoms with Gasteiger partial charge in [-0.05, 0) is 53.7 Å². The summed E-state index contributed by atoms with van der Waals surface area (Å²) in [5.74, 6) is 0.674. The van der Waals surface area contributed by atoms with Crippen LogP contribution < -0.4 is 5.32 Å². The van der Waals surface area contributed by atoms with Crippen molar-refractivity contribution in [2.24, 2.45) is 5.92 Å². The van der Waals surface area contributed by atoms with Gasteiger partial charge in [-0.15, -0.1) is 11.3 Å². The highest BCUT2D eigenvalue weighted by Gasteiger charge is 2.13. The van der Waals surface area contributed by atoms with Crippen LogP contribution in [0.1, 0.15) is 35.7 Å². The van der Waals surface area contributed by atoms with Crippen LogP contribution in [0.2, 0.25) is 0 Å². The van der Waals surface area contributed by atoms with E-state index in [0.29, 0.717) is 5.92 Å². The van der Waals surface area contributed by atoms with Gasteiger partial charge in [-0.1, -0.05) is 13.8 Å². The fourth-order valence-corrected chi connectivity index (χ4v) is 3.66. The normalized spacial score (nSPS) is 11.5. The van der Waals surface area contributed by atoms with Crippen molar-refractivity contribution in [3.8, 4) is 0 Å². The second-order valence-electron chi connectivity index (χ2n) is 5.52. The van der Waals surface area contributed by atoms with Crippen molar-refractivity contribution >= 4 is 27.3 Å². The Kier molecular flexibility index (Phi) is 5.41. The molecule has 0 radical (unpaired) electrons. The average molecular weight is 356 g/mol. The Morgan fingerprint density at radius 2 is 2.15 bits per heavy atom. The summed E-state index contributed by atoms with van der Waals surface area (Å²) in [7, 11) is 0. The molecule has 0 aromatic carbocycles. The highest BCUT2D eigenvalue weighted by molar-refractivity contribution is 9.10. The maximum atomic E-state index is 4.69. The number of hydrogen-bond donors (Lipinski definition) is 1. The summed E-state index contributed by atoms with van der Waals surface area (Å²) in [5.41, 5.74) is 3.73. The molecular weight excluding hydrogens is 334 g/mol. The van der Waals surface area contributed by atoms with Crippen molar-refractivity contribution in [3.63, 3.8) is 0 Å². The minimum Gasteiger partial charge on any atom is -0.312 e. The second-order valence-corrected chi connectivity index (χ2v) is 7.38. The Morgan fingerprint density at radius 1 is 1.40 bits per heavy atom. The largest absolute Gasteiger partial charge is 0.312 e. The van der Waals surface area contributed by atoms with Crippen LogP contribution in [0.5, 0.6) is 0 Å². The predicted molar refractivity (Wildman–Crippen MR) is 89.4 cm³/mol. The van der Waals surface area contributed by atoms with E-state index in [-0.39, 0.29) is 0 Å². The van der Waals surface area contributed by atoms with Gasteiger partial charge in [-0.3, -0.25) is 4.68 Å². The molecule has 0 saturated carbocycles. The maximum Gasteiger partial charge on any atom is 0.0766 e. The zero-order valence-corrected chi connectivity index (χ0v) is 14.9. The van der Waals surface area contributed by atoms with Gasteiger partial charge < -0.3 is 5.32 Å². The smallest absolute Gasteiger partial charge is 0.0766 e. The van der Waals surface area contributed by atoms with Crippen LogP contribution in [0.4, 0.5) is 0 Å². The van der Waals surface area contributed by atoms with Gasteiger partial charge in [0.1, 0.15) is 0 Å². The first-order valence-corrected chi connectivity index (χ1v) is 8.61. The topological polar surface area (TPSA) is 29.9 Å².